The second kappa shape index (κ2) is 9.26. The minimum absolute atomic E-state index is 0. The number of aliphatic imine (C=N–C) groups is 1. The Morgan fingerprint density at radius 3 is 1.93 bits per heavy atom. The Morgan fingerprint density at radius 2 is 1.45 bits per heavy atom. The van der Waals surface area contributed by atoms with Crippen LogP contribution in [0.1, 0.15) is 79.8 Å². The molecule has 4 N–H and O–H groups in total. The van der Waals surface area contributed by atoms with Crippen LogP contribution in [0.25, 0.3) is 0 Å². The van der Waals surface area contributed by atoms with Crippen molar-refractivity contribution in [3.8, 4) is 0 Å². The van der Waals surface area contributed by atoms with Crippen molar-refractivity contribution in [1.82, 2.24) is 4.98 Å². The lowest BCUT2D eigenvalue weighted by atomic mass is 9.81. The summed E-state index contributed by atoms with van der Waals surface area (Å²) in [6, 6.07) is 0.284. The van der Waals surface area contributed by atoms with E-state index >= 15 is 0 Å². The second-order valence-electron chi connectivity index (χ2n) is 7.42. The third-order valence-corrected chi connectivity index (χ3v) is 6.35. The molecule has 0 atom stereocenters. The second-order valence-corrected chi connectivity index (χ2v) is 8.42. The number of benzene rings is 1. The lowest BCUT2D eigenvalue weighted by molar-refractivity contribution is 0.897. The van der Waals surface area contributed by atoms with Gasteiger partial charge in [-0.15, -0.1) is 12.4 Å². The average molecular weight is 434 g/mol. The molecule has 0 unspecified atom stereocenters. The maximum atomic E-state index is 8.66. The van der Waals surface area contributed by atoms with Gasteiger partial charge in [0.25, 0.3) is 0 Å². The number of aromatic nitrogens is 1. The maximum Gasteiger partial charge on any atom is 0.185 e. The number of hydrogen-bond acceptors (Lipinski definition) is 5. The van der Waals surface area contributed by atoms with Crippen molar-refractivity contribution in [2.75, 3.05) is 11.1 Å². The predicted molar refractivity (Wildman–Crippen MR) is 129 cm³/mol. The lowest BCUT2D eigenvalue weighted by Crippen LogP contribution is -2.14. The van der Waals surface area contributed by atoms with Crippen molar-refractivity contribution >= 4 is 46.2 Å². The molecule has 0 spiro atoms. The third kappa shape index (κ3) is 3.92. The van der Waals surface area contributed by atoms with Crippen molar-refractivity contribution in [3.63, 3.8) is 0 Å². The Bertz CT molecular complexity index is 959. The molecule has 0 amide bonds. The van der Waals surface area contributed by atoms with Crippen LogP contribution >= 0.6 is 23.7 Å². The van der Waals surface area contributed by atoms with Crippen LogP contribution in [-0.2, 0) is 25.7 Å². The van der Waals surface area contributed by atoms with Gasteiger partial charge in [-0.05, 0) is 61.8 Å². The molecule has 0 saturated carbocycles. The molecule has 158 valence electrons. The average Bonchev–Trinajstić information content (AvgIpc) is 3.18. The minimum Gasteiger partial charge on any atom is -0.382 e. The summed E-state index contributed by atoms with van der Waals surface area (Å²) >= 11 is 1.53. The van der Waals surface area contributed by atoms with E-state index in [1.165, 1.54) is 33.6 Å². The van der Waals surface area contributed by atoms with Crippen LogP contribution in [-0.4, -0.2) is 22.6 Å². The highest BCUT2D eigenvalue weighted by atomic mass is 35.5. The van der Waals surface area contributed by atoms with Gasteiger partial charge in [-0.2, -0.15) is 0 Å². The number of amidine groups is 1. The Labute approximate surface area is 184 Å². The Morgan fingerprint density at radius 1 is 0.931 bits per heavy atom. The van der Waals surface area contributed by atoms with Gasteiger partial charge in [-0.1, -0.05) is 39.0 Å². The molecule has 1 aliphatic rings. The van der Waals surface area contributed by atoms with Crippen molar-refractivity contribution in [1.29, 1.82) is 5.41 Å². The zero-order chi connectivity index (χ0) is 20.6. The van der Waals surface area contributed by atoms with E-state index in [1.807, 2.05) is 0 Å². The quantitative estimate of drug-likeness (QED) is 0.546. The molecule has 2 aromatic rings. The summed E-state index contributed by atoms with van der Waals surface area (Å²) in [5, 5.41) is 12.8. The summed E-state index contributed by atoms with van der Waals surface area (Å²) in [6.07, 6.45) is 3.81. The zero-order valence-electron chi connectivity index (χ0n) is 18.2. The van der Waals surface area contributed by atoms with Gasteiger partial charge < -0.3 is 11.1 Å². The number of halogens is 1. The molecule has 5 nitrogen and oxygen atoms in total. The summed E-state index contributed by atoms with van der Waals surface area (Å²) in [7, 11) is 0. The minimum atomic E-state index is 0. The van der Waals surface area contributed by atoms with E-state index in [9.17, 15) is 0 Å². The normalized spacial score (nSPS) is 12.8. The van der Waals surface area contributed by atoms with E-state index in [0.717, 1.165) is 52.5 Å². The number of thiazole rings is 1. The van der Waals surface area contributed by atoms with Crippen molar-refractivity contribution in [3.05, 3.63) is 38.3 Å². The number of nitrogens with zero attached hydrogens (tertiary/aromatic N) is 2. The maximum absolute atomic E-state index is 8.66. The first-order valence-corrected chi connectivity index (χ1v) is 11.1. The number of nitrogen functional groups attached to an aromatic ring is 1. The van der Waals surface area contributed by atoms with E-state index in [-0.39, 0.29) is 18.4 Å². The van der Waals surface area contributed by atoms with Crippen molar-refractivity contribution in [2.24, 2.45) is 4.99 Å². The number of hydrogen-bond donors (Lipinski definition) is 3. The molecular weight excluding hydrogens is 402 g/mol. The van der Waals surface area contributed by atoms with Crippen LogP contribution in [0.15, 0.2) is 4.99 Å². The molecule has 3 rings (SSSR count). The molecule has 0 bridgehead atoms. The van der Waals surface area contributed by atoms with Crippen molar-refractivity contribution < 1.29 is 0 Å². The molecule has 0 fully saturated rings. The molecule has 1 aromatic carbocycles. The Hall–Kier alpha value is -1.92. The molecule has 0 aliphatic carbocycles. The standard InChI is InChI=1S/C22H31N5S.ClH/c1-7-12-13(8-2)15(10-4)17-16(14(12)9-3)18(26-20(17)23)19-21(24)27-22(28-19)25-11(5)6;/h11,23H,7-10,24H2,1-6H3,(H,25,27);1H. The summed E-state index contributed by atoms with van der Waals surface area (Å²) in [6.45, 7) is 13.0. The predicted octanol–water partition coefficient (Wildman–Crippen LogP) is 5.39. The third-order valence-electron chi connectivity index (χ3n) is 5.34. The molecule has 2 heterocycles. The fourth-order valence-electron chi connectivity index (χ4n) is 4.32. The molecule has 1 aliphatic heterocycles. The van der Waals surface area contributed by atoms with Gasteiger partial charge in [0.05, 0.1) is 10.6 Å². The highest BCUT2D eigenvalue weighted by Gasteiger charge is 2.32. The van der Waals surface area contributed by atoms with Gasteiger partial charge in [0.1, 0.15) is 5.82 Å². The molecule has 1 aromatic heterocycles. The van der Waals surface area contributed by atoms with E-state index in [4.69, 9.17) is 16.1 Å². The number of nitrogens with one attached hydrogen (secondary N) is 2. The zero-order valence-corrected chi connectivity index (χ0v) is 19.8. The van der Waals surface area contributed by atoms with Crippen molar-refractivity contribution in [2.45, 2.75) is 73.3 Å². The van der Waals surface area contributed by atoms with Gasteiger partial charge in [0.15, 0.2) is 11.0 Å². The summed E-state index contributed by atoms with van der Waals surface area (Å²) in [4.78, 5) is 10.1. The van der Waals surface area contributed by atoms with E-state index in [0.29, 0.717) is 11.7 Å². The molecule has 0 radical (unpaired) electrons. The van der Waals surface area contributed by atoms with E-state index < -0.39 is 0 Å². The number of fused-ring (bicyclic) bond motifs is 1. The monoisotopic (exact) mass is 433 g/mol. The van der Waals surface area contributed by atoms with Gasteiger partial charge in [0, 0.05) is 17.2 Å². The first-order valence-electron chi connectivity index (χ1n) is 10.3. The Kier molecular flexibility index (Phi) is 7.46. The SMILES string of the molecule is CCc1c(CC)c(CC)c2c(c1CC)C(=N)N=C2c1sc(NC(C)C)nc1N.Cl. The molecule has 7 heteroatoms. The van der Waals surface area contributed by atoms with Gasteiger partial charge in [-0.25, -0.2) is 9.98 Å². The first kappa shape index (κ1) is 23.4. The lowest BCUT2D eigenvalue weighted by Gasteiger charge is -2.22. The fourth-order valence-corrected chi connectivity index (χ4v) is 5.35. The van der Waals surface area contributed by atoms with E-state index in [1.54, 1.807) is 0 Å². The molecule has 29 heavy (non-hydrogen) atoms. The summed E-state index contributed by atoms with van der Waals surface area (Å²) in [5.41, 5.74) is 14.7. The first-order chi connectivity index (χ1) is 13.4. The van der Waals surface area contributed by atoms with Crippen LogP contribution in [0.3, 0.4) is 0 Å². The topological polar surface area (TPSA) is 87.2 Å². The van der Waals surface area contributed by atoms with Crippen LogP contribution in [0.2, 0.25) is 0 Å². The fraction of sp³-hybridized carbons (Fsp3) is 0.500. The number of rotatable bonds is 7. The van der Waals surface area contributed by atoms with Crippen LogP contribution < -0.4 is 11.1 Å². The van der Waals surface area contributed by atoms with Crippen LogP contribution in [0.5, 0.6) is 0 Å². The van der Waals surface area contributed by atoms with Gasteiger partial charge in [0.2, 0.25) is 0 Å². The number of anilines is 2. The van der Waals surface area contributed by atoms with Gasteiger partial charge in [-0.3, -0.25) is 5.41 Å². The van der Waals surface area contributed by atoms with E-state index in [2.05, 4.69) is 51.8 Å². The largest absolute Gasteiger partial charge is 0.382 e. The summed E-state index contributed by atoms with van der Waals surface area (Å²) < 4.78 is 0. The molecular formula is C22H32ClN5S. The smallest absolute Gasteiger partial charge is 0.185 e. The van der Waals surface area contributed by atoms with Crippen LogP contribution in [0, 0.1) is 5.41 Å². The highest BCUT2D eigenvalue weighted by Crippen LogP contribution is 2.39. The number of nitrogens with two attached hydrogens (primary N) is 1. The highest BCUT2D eigenvalue weighted by molar-refractivity contribution is 7.18. The van der Waals surface area contributed by atoms with Gasteiger partial charge >= 0.3 is 0 Å². The molecule has 0 saturated heterocycles. The van der Waals surface area contributed by atoms with Crippen LogP contribution in [0.4, 0.5) is 10.9 Å². The Balaban J connectivity index is 0.00000300. The summed E-state index contributed by atoms with van der Waals surface area (Å²) in [5.74, 6) is 0.852.